The van der Waals surface area contributed by atoms with E-state index in [2.05, 4.69) is 33.9 Å². The number of esters is 2. The van der Waals surface area contributed by atoms with Crippen LogP contribution < -0.4 is 0 Å². The molecule has 146 valence electrons. The van der Waals surface area contributed by atoms with Crippen LogP contribution in [0.5, 0.6) is 0 Å². The second-order valence-electron chi connectivity index (χ2n) is 6.04. The quantitative estimate of drug-likeness (QED) is 0.231. The maximum absolute atomic E-state index is 10.8. The molecular weight excluding hydrogens is 316 g/mol. The van der Waals surface area contributed by atoms with E-state index >= 15 is 0 Å². The second kappa shape index (κ2) is 20.5. The van der Waals surface area contributed by atoms with Crippen LogP contribution in [0.4, 0.5) is 0 Å². The molecule has 0 spiro atoms. The first-order chi connectivity index (χ1) is 12.0. The van der Waals surface area contributed by atoms with Gasteiger partial charge in [0.1, 0.15) is 0 Å². The summed E-state index contributed by atoms with van der Waals surface area (Å²) in [6.45, 7) is 14.2. The number of unbranched alkanes of at least 4 members (excludes halogenated alkanes) is 5. The molecule has 0 fully saturated rings. The smallest absolute Gasteiger partial charge is 0.330 e. The van der Waals surface area contributed by atoms with Crippen LogP contribution in [0.3, 0.4) is 0 Å². The molecule has 4 heteroatoms. The Morgan fingerprint density at radius 1 is 0.840 bits per heavy atom. The Balaban J connectivity index is 0. The number of carbonyl (C=O) groups excluding carboxylic acids is 2. The van der Waals surface area contributed by atoms with Gasteiger partial charge >= 0.3 is 11.9 Å². The fourth-order valence-electron chi connectivity index (χ4n) is 2.09. The summed E-state index contributed by atoms with van der Waals surface area (Å²) >= 11 is 0. The monoisotopic (exact) mass is 354 g/mol. The Morgan fingerprint density at radius 3 is 1.92 bits per heavy atom. The van der Waals surface area contributed by atoms with Gasteiger partial charge < -0.3 is 9.47 Å². The van der Waals surface area contributed by atoms with Crippen molar-refractivity contribution in [2.75, 3.05) is 13.2 Å². The molecule has 0 radical (unpaired) electrons. The highest BCUT2D eigenvalue weighted by atomic mass is 16.5. The van der Waals surface area contributed by atoms with E-state index in [1.165, 1.54) is 44.3 Å². The van der Waals surface area contributed by atoms with Crippen LogP contribution in [-0.2, 0) is 19.1 Å². The number of rotatable bonds is 14. The Bertz CT molecular complexity index is 350. The molecule has 0 aromatic carbocycles. The molecule has 0 bridgehead atoms. The van der Waals surface area contributed by atoms with Crippen molar-refractivity contribution < 1.29 is 19.1 Å². The van der Waals surface area contributed by atoms with Gasteiger partial charge in [0.25, 0.3) is 0 Å². The predicted molar refractivity (Wildman–Crippen MR) is 104 cm³/mol. The van der Waals surface area contributed by atoms with E-state index < -0.39 is 0 Å². The van der Waals surface area contributed by atoms with Crippen molar-refractivity contribution >= 4 is 11.9 Å². The Labute approximate surface area is 154 Å². The van der Waals surface area contributed by atoms with Gasteiger partial charge in [0.05, 0.1) is 13.2 Å². The average molecular weight is 355 g/mol. The summed E-state index contributed by atoms with van der Waals surface area (Å²) in [5, 5.41) is 0. The van der Waals surface area contributed by atoms with E-state index in [1.54, 1.807) is 0 Å². The first-order valence-corrected chi connectivity index (χ1v) is 9.63. The summed E-state index contributed by atoms with van der Waals surface area (Å²) < 4.78 is 9.80. The fourth-order valence-corrected chi connectivity index (χ4v) is 2.09. The predicted octanol–water partition coefficient (Wildman–Crippen LogP) is 5.62. The number of hydrogen-bond acceptors (Lipinski definition) is 4. The molecule has 0 aromatic heterocycles. The number of carbonyl (C=O) groups is 2. The van der Waals surface area contributed by atoms with Gasteiger partial charge in [-0.25, -0.2) is 9.59 Å². The van der Waals surface area contributed by atoms with Crippen LogP contribution in [0.2, 0.25) is 0 Å². The second-order valence-corrected chi connectivity index (χ2v) is 6.04. The summed E-state index contributed by atoms with van der Waals surface area (Å²) in [5.41, 5.74) is 0. The molecule has 1 atom stereocenters. The molecular formula is C21H38O4. The lowest BCUT2D eigenvalue weighted by atomic mass is 10.0. The molecule has 0 heterocycles. The van der Waals surface area contributed by atoms with E-state index in [-0.39, 0.29) is 11.9 Å². The van der Waals surface area contributed by atoms with Gasteiger partial charge in [-0.3, -0.25) is 0 Å². The molecule has 0 aliphatic carbocycles. The van der Waals surface area contributed by atoms with E-state index in [9.17, 15) is 9.59 Å². The van der Waals surface area contributed by atoms with Crippen molar-refractivity contribution in [2.45, 2.75) is 78.6 Å². The minimum atomic E-state index is -0.314. The third-order valence-electron chi connectivity index (χ3n) is 3.83. The summed E-state index contributed by atoms with van der Waals surface area (Å²) in [6, 6.07) is 0. The molecule has 0 aromatic rings. The summed E-state index contributed by atoms with van der Waals surface area (Å²) in [5.74, 6) is -0.107. The molecule has 0 N–H and O–H groups in total. The van der Waals surface area contributed by atoms with Crippen molar-refractivity contribution in [3.05, 3.63) is 25.3 Å². The first kappa shape index (κ1) is 25.7. The summed E-state index contributed by atoms with van der Waals surface area (Å²) in [6.07, 6.45) is 12.9. The lowest BCUT2D eigenvalue weighted by Gasteiger charge is -2.13. The fraction of sp³-hybridized carbons (Fsp3) is 0.714. The molecule has 0 aliphatic heterocycles. The van der Waals surface area contributed by atoms with Crippen LogP contribution in [-0.4, -0.2) is 25.2 Å². The van der Waals surface area contributed by atoms with Crippen molar-refractivity contribution in [2.24, 2.45) is 5.92 Å². The van der Waals surface area contributed by atoms with Crippen LogP contribution in [0.15, 0.2) is 25.3 Å². The Hall–Kier alpha value is -1.58. The van der Waals surface area contributed by atoms with E-state index in [4.69, 9.17) is 9.47 Å². The zero-order valence-corrected chi connectivity index (χ0v) is 16.6. The Morgan fingerprint density at radius 2 is 1.40 bits per heavy atom. The van der Waals surface area contributed by atoms with Crippen molar-refractivity contribution in [1.82, 2.24) is 0 Å². The maximum atomic E-state index is 10.8. The third kappa shape index (κ3) is 20.4. The number of ether oxygens (including phenoxy) is 2. The minimum absolute atomic E-state index is 0.310. The van der Waals surface area contributed by atoms with E-state index in [1.807, 2.05) is 0 Å². The molecule has 4 nitrogen and oxygen atoms in total. The summed E-state index contributed by atoms with van der Waals surface area (Å²) in [4.78, 5) is 21.3. The van der Waals surface area contributed by atoms with Crippen molar-refractivity contribution in [3.63, 3.8) is 0 Å². The van der Waals surface area contributed by atoms with Gasteiger partial charge in [-0.1, -0.05) is 78.9 Å². The lowest BCUT2D eigenvalue weighted by Crippen LogP contribution is -2.12. The Kier molecular flexibility index (Phi) is 21.0. The molecule has 0 aliphatic rings. The van der Waals surface area contributed by atoms with Gasteiger partial charge in [0.2, 0.25) is 0 Å². The molecule has 0 amide bonds. The minimum Gasteiger partial charge on any atom is -0.463 e. The van der Waals surface area contributed by atoms with Gasteiger partial charge in [0.15, 0.2) is 0 Å². The highest BCUT2D eigenvalue weighted by molar-refractivity contribution is 5.81. The topological polar surface area (TPSA) is 52.6 Å². The normalized spacial score (nSPS) is 10.8. The van der Waals surface area contributed by atoms with Gasteiger partial charge in [-0.05, 0) is 18.8 Å². The standard InChI is InChI=1S/C11H20O2.C10H18O2/c1-4-7-8-10(5-2)9-13-11(12)6-3;1-3-5-6-7-8-9-12-10(11)4-2/h6,10H,3-5,7-9H2,1-2H3;4H,2-3,5-9H2,1H3. The lowest BCUT2D eigenvalue weighted by molar-refractivity contribution is -0.139. The van der Waals surface area contributed by atoms with Crippen LogP contribution >= 0.6 is 0 Å². The van der Waals surface area contributed by atoms with E-state index in [0.29, 0.717) is 19.1 Å². The van der Waals surface area contributed by atoms with Gasteiger partial charge in [-0.15, -0.1) is 0 Å². The summed E-state index contributed by atoms with van der Waals surface area (Å²) in [7, 11) is 0. The van der Waals surface area contributed by atoms with Crippen LogP contribution in [0.25, 0.3) is 0 Å². The molecule has 0 saturated heterocycles. The number of hydrogen-bond donors (Lipinski definition) is 0. The highest BCUT2D eigenvalue weighted by Gasteiger charge is 2.07. The van der Waals surface area contributed by atoms with Crippen LogP contribution in [0, 0.1) is 5.92 Å². The largest absolute Gasteiger partial charge is 0.463 e. The highest BCUT2D eigenvalue weighted by Crippen LogP contribution is 2.12. The third-order valence-corrected chi connectivity index (χ3v) is 3.83. The van der Waals surface area contributed by atoms with Crippen molar-refractivity contribution in [1.29, 1.82) is 0 Å². The maximum Gasteiger partial charge on any atom is 0.330 e. The SMILES string of the molecule is C=CC(=O)OCC(CC)CCCC.C=CC(=O)OCCCCCCC. The van der Waals surface area contributed by atoms with Gasteiger partial charge in [0, 0.05) is 12.2 Å². The molecule has 25 heavy (non-hydrogen) atoms. The van der Waals surface area contributed by atoms with E-state index in [0.717, 1.165) is 25.7 Å². The zero-order chi connectivity index (χ0) is 19.3. The first-order valence-electron chi connectivity index (χ1n) is 9.63. The molecule has 0 rings (SSSR count). The molecule has 1 unspecified atom stereocenters. The zero-order valence-electron chi connectivity index (χ0n) is 16.6. The average Bonchev–Trinajstić information content (AvgIpc) is 2.64. The van der Waals surface area contributed by atoms with Gasteiger partial charge in [-0.2, -0.15) is 0 Å². The molecule has 0 saturated carbocycles. The van der Waals surface area contributed by atoms with Crippen LogP contribution in [0.1, 0.15) is 78.6 Å². The van der Waals surface area contributed by atoms with Crippen molar-refractivity contribution in [3.8, 4) is 0 Å².